The molecule has 54 heavy (non-hydrogen) atoms. The fourth-order valence-electron chi connectivity index (χ4n) is 9.50. The highest BCUT2D eigenvalue weighted by atomic mass is 15.1. The maximum atomic E-state index is 5.60. The van der Waals surface area contributed by atoms with Crippen LogP contribution < -0.4 is 0 Å². The average Bonchev–Trinajstić information content (AvgIpc) is 3.88. The maximum Gasteiger partial charge on any atom is 0.162 e. The second-order valence-electron chi connectivity index (χ2n) is 14.5. The predicted octanol–water partition coefficient (Wildman–Crippen LogP) is 13.0. The number of fused-ring (bicyclic) bond motifs is 16. The summed E-state index contributed by atoms with van der Waals surface area (Å²) in [4.78, 5) is 10.8. The van der Waals surface area contributed by atoms with Crippen molar-refractivity contribution in [1.82, 2.24) is 18.9 Å². The number of hydrogen-bond donors (Lipinski definition) is 0. The van der Waals surface area contributed by atoms with E-state index in [9.17, 15) is 0 Å². The Balaban J connectivity index is 1.24. The van der Waals surface area contributed by atoms with Gasteiger partial charge in [0.1, 0.15) is 5.82 Å². The van der Waals surface area contributed by atoms with Gasteiger partial charge in [0.25, 0.3) is 0 Å². The van der Waals surface area contributed by atoms with Gasteiger partial charge in [-0.3, -0.25) is 4.57 Å². The molecule has 0 bridgehead atoms. The standard InChI is InChI=1S/C50H28N4/c1-3-13-33-29(11-1)21-22-31-23-24-32(27-38(31)33)49-51-41-18-8-5-16-36(41)50(52-49)54-44-26-25-30-12-2-4-14-34(30)45(44)40-28-39-35-15-6-9-19-42(35)53-43-20-10-7-17-37(43)46(47(39)53)48(40)54/h1-28H. The molecular formula is C50H28N4. The molecule has 0 unspecified atom stereocenters. The van der Waals surface area contributed by atoms with Crippen molar-refractivity contribution in [2.45, 2.75) is 0 Å². The molecule has 4 heterocycles. The number of rotatable bonds is 2. The van der Waals surface area contributed by atoms with Crippen molar-refractivity contribution in [1.29, 1.82) is 0 Å². The van der Waals surface area contributed by atoms with Crippen molar-refractivity contribution in [3.8, 4) is 17.2 Å². The van der Waals surface area contributed by atoms with Crippen molar-refractivity contribution in [3.05, 3.63) is 170 Å². The third kappa shape index (κ3) is 3.57. The molecule has 248 valence electrons. The van der Waals surface area contributed by atoms with E-state index in [2.05, 4.69) is 179 Å². The van der Waals surface area contributed by atoms with Gasteiger partial charge in [0.15, 0.2) is 5.82 Å². The highest BCUT2D eigenvalue weighted by Crippen LogP contribution is 2.48. The van der Waals surface area contributed by atoms with Gasteiger partial charge in [0, 0.05) is 43.3 Å². The quantitative estimate of drug-likeness (QED) is 0.170. The minimum Gasteiger partial charge on any atom is -0.308 e. The number of benzene rings is 9. The van der Waals surface area contributed by atoms with Crippen LogP contribution in [0.5, 0.6) is 0 Å². The average molecular weight is 685 g/mol. The highest BCUT2D eigenvalue weighted by Gasteiger charge is 2.26. The lowest BCUT2D eigenvalue weighted by Crippen LogP contribution is -2.03. The van der Waals surface area contributed by atoms with Gasteiger partial charge in [0.05, 0.1) is 33.1 Å². The van der Waals surface area contributed by atoms with Gasteiger partial charge < -0.3 is 4.40 Å². The number of para-hydroxylation sites is 3. The lowest BCUT2D eigenvalue weighted by Gasteiger charge is -2.14. The largest absolute Gasteiger partial charge is 0.308 e. The lowest BCUT2D eigenvalue weighted by atomic mass is 10.00. The molecule has 13 rings (SSSR count). The van der Waals surface area contributed by atoms with Crippen LogP contribution in [0.3, 0.4) is 0 Å². The molecule has 0 saturated carbocycles. The van der Waals surface area contributed by atoms with Crippen molar-refractivity contribution in [3.63, 3.8) is 0 Å². The Hall–Kier alpha value is -7.30. The Labute approximate surface area is 308 Å². The Morgan fingerprint density at radius 2 is 0.963 bits per heavy atom. The van der Waals surface area contributed by atoms with E-state index in [-0.39, 0.29) is 0 Å². The van der Waals surface area contributed by atoms with Gasteiger partial charge in [-0.15, -0.1) is 0 Å². The summed E-state index contributed by atoms with van der Waals surface area (Å²) >= 11 is 0. The molecule has 0 radical (unpaired) electrons. The SMILES string of the molecule is c1ccc2c(c1)ccc1ccc(-c3nc(-n4c5ccc6ccccc6c5c5cc6c7ccccc7n7c8ccccc8c(c54)c67)c4ccccc4n3)cc12. The van der Waals surface area contributed by atoms with Crippen LogP contribution in [0.1, 0.15) is 0 Å². The summed E-state index contributed by atoms with van der Waals surface area (Å²) in [5.74, 6) is 1.59. The van der Waals surface area contributed by atoms with E-state index in [1.54, 1.807) is 0 Å². The maximum absolute atomic E-state index is 5.60. The van der Waals surface area contributed by atoms with Gasteiger partial charge >= 0.3 is 0 Å². The van der Waals surface area contributed by atoms with Crippen LogP contribution in [0, 0.1) is 0 Å². The Morgan fingerprint density at radius 3 is 1.80 bits per heavy atom. The summed E-state index contributed by atoms with van der Waals surface area (Å²) in [6.07, 6.45) is 0. The summed E-state index contributed by atoms with van der Waals surface area (Å²) < 4.78 is 4.91. The summed E-state index contributed by atoms with van der Waals surface area (Å²) in [5, 5.41) is 15.8. The zero-order chi connectivity index (χ0) is 35.1. The zero-order valence-electron chi connectivity index (χ0n) is 29.0. The number of nitrogens with zero attached hydrogens (tertiary/aromatic N) is 4. The molecule has 0 amide bonds. The van der Waals surface area contributed by atoms with Gasteiger partial charge in [-0.2, -0.15) is 0 Å². The second kappa shape index (κ2) is 10.2. The topological polar surface area (TPSA) is 35.1 Å². The van der Waals surface area contributed by atoms with Crippen molar-refractivity contribution in [2.24, 2.45) is 0 Å². The van der Waals surface area contributed by atoms with Crippen LogP contribution in [-0.4, -0.2) is 18.9 Å². The minimum absolute atomic E-state index is 0.710. The monoisotopic (exact) mass is 684 g/mol. The van der Waals surface area contributed by atoms with Gasteiger partial charge in [-0.1, -0.05) is 127 Å². The van der Waals surface area contributed by atoms with E-state index in [1.807, 2.05) is 0 Å². The smallest absolute Gasteiger partial charge is 0.162 e. The van der Waals surface area contributed by atoms with Crippen LogP contribution in [0.2, 0.25) is 0 Å². The van der Waals surface area contributed by atoms with Gasteiger partial charge in [-0.25, -0.2) is 9.97 Å². The Morgan fingerprint density at radius 1 is 0.352 bits per heavy atom. The van der Waals surface area contributed by atoms with Crippen molar-refractivity contribution >= 4 is 103 Å². The summed E-state index contributed by atoms with van der Waals surface area (Å²) in [7, 11) is 0. The van der Waals surface area contributed by atoms with E-state index in [1.165, 1.54) is 86.7 Å². The highest BCUT2D eigenvalue weighted by molar-refractivity contribution is 6.36. The van der Waals surface area contributed by atoms with E-state index < -0.39 is 0 Å². The van der Waals surface area contributed by atoms with E-state index in [0.717, 1.165) is 27.8 Å². The summed E-state index contributed by atoms with van der Waals surface area (Å²) in [6, 6.07) is 61.6. The molecule has 0 N–H and O–H groups in total. The van der Waals surface area contributed by atoms with Crippen LogP contribution in [-0.2, 0) is 0 Å². The van der Waals surface area contributed by atoms with Crippen LogP contribution >= 0.6 is 0 Å². The Kier molecular flexibility index (Phi) is 5.34. The van der Waals surface area contributed by atoms with Gasteiger partial charge in [0.2, 0.25) is 0 Å². The molecule has 0 atom stereocenters. The molecule has 0 fully saturated rings. The fourth-order valence-corrected chi connectivity index (χ4v) is 9.50. The molecule has 4 aromatic heterocycles. The first-order valence-electron chi connectivity index (χ1n) is 18.5. The Bertz CT molecular complexity index is 3740. The third-order valence-electron chi connectivity index (χ3n) is 11.8. The molecule has 4 nitrogen and oxygen atoms in total. The molecule has 0 aliphatic rings. The first-order valence-corrected chi connectivity index (χ1v) is 18.5. The fraction of sp³-hybridized carbons (Fsp3) is 0. The van der Waals surface area contributed by atoms with Crippen LogP contribution in [0.4, 0.5) is 0 Å². The molecule has 9 aromatic carbocycles. The van der Waals surface area contributed by atoms with Crippen LogP contribution in [0.25, 0.3) is 120 Å². The molecule has 13 aromatic rings. The first-order chi connectivity index (χ1) is 26.8. The number of hydrogen-bond acceptors (Lipinski definition) is 2. The predicted molar refractivity (Wildman–Crippen MR) is 226 cm³/mol. The first kappa shape index (κ1) is 28.3. The second-order valence-corrected chi connectivity index (χ2v) is 14.5. The molecule has 0 aliphatic heterocycles. The third-order valence-corrected chi connectivity index (χ3v) is 11.8. The van der Waals surface area contributed by atoms with Gasteiger partial charge in [-0.05, 0) is 74.8 Å². The molecule has 0 spiro atoms. The summed E-state index contributed by atoms with van der Waals surface area (Å²) in [5.41, 5.74) is 7.90. The normalized spacial score (nSPS) is 12.4. The lowest BCUT2D eigenvalue weighted by molar-refractivity contribution is 1.08. The summed E-state index contributed by atoms with van der Waals surface area (Å²) in [6.45, 7) is 0. The zero-order valence-corrected chi connectivity index (χ0v) is 29.0. The van der Waals surface area contributed by atoms with Crippen LogP contribution in [0.15, 0.2) is 170 Å². The molecule has 0 aliphatic carbocycles. The van der Waals surface area contributed by atoms with E-state index in [4.69, 9.17) is 9.97 Å². The number of aromatic nitrogens is 4. The van der Waals surface area contributed by atoms with Crippen molar-refractivity contribution < 1.29 is 0 Å². The van der Waals surface area contributed by atoms with E-state index >= 15 is 0 Å². The van der Waals surface area contributed by atoms with E-state index in [0.29, 0.717) is 5.82 Å². The molecule has 4 heteroatoms. The van der Waals surface area contributed by atoms with Crippen molar-refractivity contribution in [2.75, 3.05) is 0 Å². The minimum atomic E-state index is 0.710. The molecular weight excluding hydrogens is 657 g/mol. The molecule has 0 saturated heterocycles.